The maximum absolute atomic E-state index is 12.1. The second-order valence-corrected chi connectivity index (χ2v) is 5.61. The third-order valence-electron chi connectivity index (χ3n) is 3.69. The molecule has 0 aromatic carbocycles. The van der Waals surface area contributed by atoms with Crippen molar-refractivity contribution in [2.75, 3.05) is 26.9 Å². The van der Waals surface area contributed by atoms with E-state index in [-0.39, 0.29) is 18.2 Å². The second-order valence-electron chi connectivity index (χ2n) is 5.61. The molecule has 0 bridgehead atoms. The van der Waals surface area contributed by atoms with Crippen LogP contribution in [0.4, 0.5) is 0 Å². The zero-order valence-corrected chi connectivity index (χ0v) is 13.2. The average Bonchev–Trinajstić information content (AvgIpc) is 2.43. The van der Waals surface area contributed by atoms with E-state index in [4.69, 9.17) is 14.2 Å². The summed E-state index contributed by atoms with van der Waals surface area (Å²) < 4.78 is 16.3. The molecule has 0 saturated heterocycles. The van der Waals surface area contributed by atoms with Gasteiger partial charge in [-0.3, -0.25) is 4.79 Å². The molecule has 1 aliphatic carbocycles. The van der Waals surface area contributed by atoms with Crippen LogP contribution in [0.2, 0.25) is 0 Å². The molecule has 2 atom stereocenters. The van der Waals surface area contributed by atoms with Crippen LogP contribution in [0.1, 0.15) is 46.5 Å². The lowest BCUT2D eigenvalue weighted by Gasteiger charge is -2.39. The number of ether oxygens (including phenoxy) is 3. The van der Waals surface area contributed by atoms with E-state index in [0.29, 0.717) is 19.6 Å². The van der Waals surface area contributed by atoms with Crippen LogP contribution in [0.15, 0.2) is 0 Å². The quantitative estimate of drug-likeness (QED) is 0.546. The molecule has 0 radical (unpaired) electrons. The van der Waals surface area contributed by atoms with Crippen molar-refractivity contribution in [3.8, 4) is 0 Å². The first-order chi connectivity index (χ1) is 9.54. The molecular weight excluding hydrogens is 258 g/mol. The molecular formula is C15H29NO4. The maximum Gasteiger partial charge on any atom is 0.326 e. The molecule has 2 unspecified atom stereocenters. The number of rotatable bonds is 8. The Morgan fingerprint density at radius 2 is 2.15 bits per heavy atom. The van der Waals surface area contributed by atoms with Gasteiger partial charge in [0.25, 0.3) is 0 Å². The van der Waals surface area contributed by atoms with Crippen LogP contribution in [0, 0.1) is 0 Å². The summed E-state index contributed by atoms with van der Waals surface area (Å²) in [4.78, 5) is 12.1. The monoisotopic (exact) mass is 287 g/mol. The van der Waals surface area contributed by atoms with Crippen LogP contribution in [0.5, 0.6) is 0 Å². The van der Waals surface area contributed by atoms with Crippen LogP contribution in [0.3, 0.4) is 0 Å². The number of hydrogen-bond donors (Lipinski definition) is 1. The third-order valence-corrected chi connectivity index (χ3v) is 3.69. The Hall–Kier alpha value is -0.650. The summed E-state index contributed by atoms with van der Waals surface area (Å²) in [7, 11) is 1.45. The van der Waals surface area contributed by atoms with Gasteiger partial charge in [-0.1, -0.05) is 6.92 Å². The first-order valence-corrected chi connectivity index (χ1v) is 7.60. The molecule has 1 N–H and O–H groups in total. The lowest BCUT2D eigenvalue weighted by atomic mass is 9.80. The van der Waals surface area contributed by atoms with Gasteiger partial charge in [-0.15, -0.1) is 0 Å². The van der Waals surface area contributed by atoms with Crippen LogP contribution >= 0.6 is 0 Å². The molecule has 0 aromatic heterocycles. The van der Waals surface area contributed by atoms with Gasteiger partial charge in [-0.25, -0.2) is 0 Å². The summed E-state index contributed by atoms with van der Waals surface area (Å²) in [6.07, 6.45) is 3.77. The van der Waals surface area contributed by atoms with Gasteiger partial charge in [-0.2, -0.15) is 0 Å². The van der Waals surface area contributed by atoms with E-state index in [9.17, 15) is 4.79 Å². The van der Waals surface area contributed by atoms with Crippen LogP contribution < -0.4 is 5.32 Å². The van der Waals surface area contributed by atoms with Crippen molar-refractivity contribution in [1.29, 1.82) is 0 Å². The maximum atomic E-state index is 12.1. The Kier molecular flexibility index (Phi) is 7.48. The van der Waals surface area contributed by atoms with Gasteiger partial charge in [-0.05, 0) is 39.7 Å². The first kappa shape index (κ1) is 17.4. The average molecular weight is 287 g/mol. The number of carbonyl (C=O) groups excluding carboxylic acids is 1. The Balaban J connectivity index is 2.48. The summed E-state index contributed by atoms with van der Waals surface area (Å²) in [5.41, 5.74) is -0.578. The molecule has 0 heterocycles. The van der Waals surface area contributed by atoms with Gasteiger partial charge < -0.3 is 19.5 Å². The summed E-state index contributed by atoms with van der Waals surface area (Å²) in [5, 5.41) is 3.30. The molecule has 118 valence electrons. The Morgan fingerprint density at radius 3 is 2.75 bits per heavy atom. The van der Waals surface area contributed by atoms with Gasteiger partial charge in [0.15, 0.2) is 0 Å². The largest absolute Gasteiger partial charge is 0.468 e. The highest BCUT2D eigenvalue weighted by atomic mass is 16.5. The number of likely N-dealkylation sites (N-methyl/N-ethyl adjacent to an activating group) is 1. The summed E-state index contributed by atoms with van der Waals surface area (Å²) in [5.74, 6) is -0.175. The van der Waals surface area contributed by atoms with Crippen LogP contribution in [-0.2, 0) is 19.0 Å². The van der Waals surface area contributed by atoms with Crippen LogP contribution in [0.25, 0.3) is 0 Å². The molecule has 1 aliphatic rings. The minimum absolute atomic E-state index is 0.0951. The van der Waals surface area contributed by atoms with E-state index in [0.717, 1.165) is 25.8 Å². The van der Waals surface area contributed by atoms with Crippen molar-refractivity contribution in [1.82, 2.24) is 5.32 Å². The van der Waals surface area contributed by atoms with Crippen LogP contribution in [-0.4, -0.2) is 50.6 Å². The lowest BCUT2D eigenvalue weighted by molar-refractivity contribution is -0.153. The Labute approximate surface area is 122 Å². The van der Waals surface area contributed by atoms with Crippen molar-refractivity contribution in [3.05, 3.63) is 0 Å². The highest BCUT2D eigenvalue weighted by Crippen LogP contribution is 2.31. The van der Waals surface area contributed by atoms with Crippen molar-refractivity contribution >= 4 is 5.97 Å². The number of carbonyl (C=O) groups is 1. The highest BCUT2D eigenvalue weighted by Gasteiger charge is 2.43. The SMILES string of the molecule is CCNC1(C(=O)OC)CCCC(OCCOC(C)C)C1. The second kappa shape index (κ2) is 8.60. The van der Waals surface area contributed by atoms with E-state index in [1.807, 2.05) is 20.8 Å². The number of nitrogens with one attached hydrogen (secondary N) is 1. The molecule has 0 spiro atoms. The standard InChI is InChI=1S/C15H29NO4/c1-5-16-15(14(17)18-4)8-6-7-13(11-15)20-10-9-19-12(2)3/h12-13,16H,5-11H2,1-4H3. The number of esters is 1. The first-order valence-electron chi connectivity index (χ1n) is 7.60. The molecule has 5 nitrogen and oxygen atoms in total. The fourth-order valence-electron chi connectivity index (χ4n) is 2.82. The molecule has 1 fully saturated rings. The van der Waals surface area contributed by atoms with E-state index in [2.05, 4.69) is 5.32 Å². The summed E-state index contributed by atoms with van der Waals surface area (Å²) in [6, 6.07) is 0. The lowest BCUT2D eigenvalue weighted by Crippen LogP contribution is -2.56. The molecule has 20 heavy (non-hydrogen) atoms. The van der Waals surface area contributed by atoms with Crippen molar-refractivity contribution < 1.29 is 19.0 Å². The van der Waals surface area contributed by atoms with Crippen molar-refractivity contribution in [3.63, 3.8) is 0 Å². The van der Waals surface area contributed by atoms with Gasteiger partial charge in [0.05, 0.1) is 32.5 Å². The van der Waals surface area contributed by atoms with Gasteiger partial charge >= 0.3 is 5.97 Å². The topological polar surface area (TPSA) is 56.8 Å². The number of hydrogen-bond acceptors (Lipinski definition) is 5. The molecule has 1 saturated carbocycles. The fourth-order valence-corrected chi connectivity index (χ4v) is 2.82. The summed E-state index contributed by atoms with van der Waals surface area (Å²) in [6.45, 7) is 7.94. The molecule has 0 aliphatic heterocycles. The molecule has 5 heteroatoms. The molecule has 1 rings (SSSR count). The molecule has 0 aromatic rings. The number of methoxy groups -OCH3 is 1. The minimum atomic E-state index is -0.578. The summed E-state index contributed by atoms with van der Waals surface area (Å²) >= 11 is 0. The van der Waals surface area contributed by atoms with Crippen molar-refractivity contribution in [2.45, 2.75) is 64.2 Å². The predicted octanol–water partition coefficient (Wildman–Crippen LogP) is 1.89. The fraction of sp³-hybridized carbons (Fsp3) is 0.933. The normalized spacial score (nSPS) is 26.8. The smallest absolute Gasteiger partial charge is 0.326 e. The van der Waals surface area contributed by atoms with Gasteiger partial charge in [0, 0.05) is 6.42 Å². The Morgan fingerprint density at radius 1 is 1.40 bits per heavy atom. The van der Waals surface area contributed by atoms with E-state index < -0.39 is 5.54 Å². The van der Waals surface area contributed by atoms with E-state index >= 15 is 0 Å². The van der Waals surface area contributed by atoms with E-state index in [1.165, 1.54) is 7.11 Å². The van der Waals surface area contributed by atoms with Crippen molar-refractivity contribution in [2.24, 2.45) is 0 Å². The predicted molar refractivity (Wildman–Crippen MR) is 77.7 cm³/mol. The Bertz CT molecular complexity index is 292. The minimum Gasteiger partial charge on any atom is -0.468 e. The molecule has 0 amide bonds. The zero-order valence-electron chi connectivity index (χ0n) is 13.2. The van der Waals surface area contributed by atoms with Gasteiger partial charge in [0.1, 0.15) is 5.54 Å². The highest BCUT2D eigenvalue weighted by molar-refractivity contribution is 5.81. The zero-order chi connectivity index (χ0) is 15.0. The van der Waals surface area contributed by atoms with Gasteiger partial charge in [0.2, 0.25) is 0 Å². The van der Waals surface area contributed by atoms with E-state index in [1.54, 1.807) is 0 Å². The third kappa shape index (κ3) is 5.04.